The molecule has 2 amide bonds. The largest absolute Gasteiger partial charge is 0.394 e. The summed E-state index contributed by atoms with van der Waals surface area (Å²) in [6, 6.07) is -0.521. The van der Waals surface area contributed by atoms with E-state index >= 15 is 0 Å². The summed E-state index contributed by atoms with van der Waals surface area (Å²) in [4.78, 5) is 21.6. The second kappa shape index (κ2) is 6.33. The van der Waals surface area contributed by atoms with Gasteiger partial charge in [0.05, 0.1) is 12.9 Å². The Kier molecular flexibility index (Phi) is 4.51. The number of amidine groups is 1. The highest BCUT2D eigenvalue weighted by molar-refractivity contribution is 6.07. The highest BCUT2D eigenvalue weighted by atomic mass is 16.3. The van der Waals surface area contributed by atoms with Crippen molar-refractivity contribution in [2.24, 2.45) is 4.99 Å². The first-order valence-corrected chi connectivity index (χ1v) is 6.44. The number of carbonyl (C=O) groups excluding carboxylic acids is 1. The number of urea groups is 1. The Morgan fingerprint density at radius 3 is 3.00 bits per heavy atom. The van der Waals surface area contributed by atoms with Crippen LogP contribution in [0.15, 0.2) is 23.7 Å². The molecule has 1 unspecified atom stereocenters. The van der Waals surface area contributed by atoms with Gasteiger partial charge < -0.3 is 14.6 Å². The molecule has 0 bridgehead atoms. The Hall–Kier alpha value is -1.89. The van der Waals surface area contributed by atoms with Crippen LogP contribution in [-0.2, 0) is 6.54 Å². The smallest absolute Gasteiger partial charge is 0.323 e. The molecule has 2 rings (SSSR count). The van der Waals surface area contributed by atoms with Crippen LogP contribution >= 0.6 is 0 Å². The molecule has 2 heterocycles. The van der Waals surface area contributed by atoms with Crippen LogP contribution in [0.25, 0.3) is 0 Å². The quantitative estimate of drug-likeness (QED) is 0.764. The number of aliphatic imine (C=N–C) groups is 1. The van der Waals surface area contributed by atoms with E-state index in [9.17, 15) is 9.90 Å². The van der Waals surface area contributed by atoms with Gasteiger partial charge in [-0.2, -0.15) is 0 Å². The lowest BCUT2D eigenvalue weighted by Gasteiger charge is -2.21. The van der Waals surface area contributed by atoms with Crippen LogP contribution in [0.5, 0.6) is 0 Å². The molecule has 1 aromatic rings. The van der Waals surface area contributed by atoms with Crippen LogP contribution in [0, 0.1) is 0 Å². The van der Waals surface area contributed by atoms with E-state index in [0.717, 1.165) is 13.0 Å². The van der Waals surface area contributed by atoms with Crippen LogP contribution in [-0.4, -0.2) is 57.2 Å². The van der Waals surface area contributed by atoms with Gasteiger partial charge in [0.2, 0.25) is 0 Å². The summed E-state index contributed by atoms with van der Waals surface area (Å²) in [7, 11) is 0. The third-order valence-electron chi connectivity index (χ3n) is 3.06. The fraction of sp³-hybridized carbons (Fsp3) is 0.583. The Morgan fingerprint density at radius 2 is 2.37 bits per heavy atom. The van der Waals surface area contributed by atoms with E-state index in [1.54, 1.807) is 17.4 Å². The van der Waals surface area contributed by atoms with Gasteiger partial charge in [-0.15, -0.1) is 0 Å². The number of imidazole rings is 1. The Morgan fingerprint density at radius 1 is 1.53 bits per heavy atom. The molecule has 1 saturated heterocycles. The molecule has 104 valence electrons. The zero-order valence-electron chi connectivity index (χ0n) is 11.0. The van der Waals surface area contributed by atoms with E-state index in [2.05, 4.69) is 15.3 Å². The molecule has 19 heavy (non-hydrogen) atoms. The molecule has 1 fully saturated rings. The molecule has 0 aromatic carbocycles. The van der Waals surface area contributed by atoms with Crippen molar-refractivity contribution < 1.29 is 9.90 Å². The number of aliphatic hydroxyl groups excluding tert-OH is 1. The highest BCUT2D eigenvalue weighted by Crippen LogP contribution is 2.10. The number of amides is 2. The molecule has 0 saturated carbocycles. The first kappa shape index (κ1) is 13.5. The maximum absolute atomic E-state index is 11.8. The maximum Gasteiger partial charge on any atom is 0.323 e. The summed E-state index contributed by atoms with van der Waals surface area (Å²) in [6.45, 7) is 3.76. The first-order valence-electron chi connectivity index (χ1n) is 6.44. The molecule has 0 radical (unpaired) electrons. The maximum atomic E-state index is 11.8. The van der Waals surface area contributed by atoms with Crippen molar-refractivity contribution in [1.29, 1.82) is 0 Å². The van der Waals surface area contributed by atoms with Crippen molar-refractivity contribution >= 4 is 11.9 Å². The SMILES string of the molecule is CCN=C1NC(=O)N(CCCn2ccnc2)C1CO. The lowest BCUT2D eigenvalue weighted by Crippen LogP contribution is -2.38. The minimum atomic E-state index is -0.338. The second-order valence-corrected chi connectivity index (χ2v) is 4.34. The molecule has 0 spiro atoms. The minimum Gasteiger partial charge on any atom is -0.394 e. The summed E-state index contributed by atoms with van der Waals surface area (Å²) in [5.41, 5.74) is 0. The van der Waals surface area contributed by atoms with Crippen molar-refractivity contribution in [3.63, 3.8) is 0 Å². The monoisotopic (exact) mass is 265 g/mol. The van der Waals surface area contributed by atoms with Gasteiger partial charge in [0.1, 0.15) is 11.9 Å². The third kappa shape index (κ3) is 3.11. The summed E-state index contributed by atoms with van der Waals surface area (Å²) in [5.74, 6) is 0.567. The third-order valence-corrected chi connectivity index (χ3v) is 3.06. The lowest BCUT2D eigenvalue weighted by atomic mass is 10.2. The molecular formula is C12H19N5O2. The van der Waals surface area contributed by atoms with Crippen LogP contribution < -0.4 is 5.32 Å². The predicted molar refractivity (Wildman–Crippen MR) is 70.9 cm³/mol. The molecular weight excluding hydrogens is 246 g/mol. The number of hydrogen-bond acceptors (Lipinski definition) is 4. The summed E-state index contributed by atoms with van der Waals surface area (Å²) >= 11 is 0. The van der Waals surface area contributed by atoms with Crippen LogP contribution in [0.1, 0.15) is 13.3 Å². The molecule has 1 aliphatic heterocycles. The van der Waals surface area contributed by atoms with E-state index in [1.165, 1.54) is 0 Å². The topological polar surface area (TPSA) is 82.8 Å². The first-order chi connectivity index (χ1) is 9.26. The summed E-state index contributed by atoms with van der Waals surface area (Å²) < 4.78 is 1.96. The van der Waals surface area contributed by atoms with Crippen LogP contribution in [0.3, 0.4) is 0 Å². The van der Waals surface area contributed by atoms with Crippen molar-refractivity contribution in [1.82, 2.24) is 19.8 Å². The van der Waals surface area contributed by atoms with Gasteiger partial charge >= 0.3 is 6.03 Å². The van der Waals surface area contributed by atoms with E-state index in [4.69, 9.17) is 0 Å². The number of aryl methyl sites for hydroxylation is 1. The van der Waals surface area contributed by atoms with Crippen molar-refractivity contribution in [2.75, 3.05) is 19.7 Å². The molecule has 7 nitrogen and oxygen atoms in total. The van der Waals surface area contributed by atoms with Gasteiger partial charge in [0.25, 0.3) is 0 Å². The average Bonchev–Trinajstić information content (AvgIpc) is 2.99. The van der Waals surface area contributed by atoms with Gasteiger partial charge in [-0.1, -0.05) is 0 Å². The Labute approximate surface area is 112 Å². The number of aromatic nitrogens is 2. The predicted octanol–water partition coefficient (Wildman–Crippen LogP) is 0.0777. The number of carbonyl (C=O) groups is 1. The van der Waals surface area contributed by atoms with Gasteiger partial charge in [-0.25, -0.2) is 9.78 Å². The summed E-state index contributed by atoms with van der Waals surface area (Å²) in [5, 5.41) is 12.1. The number of hydrogen-bond donors (Lipinski definition) is 2. The van der Waals surface area contributed by atoms with Crippen molar-refractivity contribution in [3.8, 4) is 0 Å². The van der Waals surface area contributed by atoms with E-state index in [1.807, 2.05) is 17.7 Å². The fourth-order valence-electron chi connectivity index (χ4n) is 2.15. The molecule has 1 aliphatic rings. The van der Waals surface area contributed by atoms with Gasteiger partial charge in [-0.05, 0) is 13.3 Å². The zero-order chi connectivity index (χ0) is 13.7. The minimum absolute atomic E-state index is 0.108. The number of rotatable bonds is 6. The van der Waals surface area contributed by atoms with Crippen molar-refractivity contribution in [2.45, 2.75) is 25.9 Å². The molecule has 1 atom stereocenters. The molecule has 1 aromatic heterocycles. The second-order valence-electron chi connectivity index (χ2n) is 4.34. The Bertz CT molecular complexity index is 443. The Balaban J connectivity index is 1.91. The number of nitrogens with one attached hydrogen (secondary N) is 1. The van der Waals surface area contributed by atoms with Gasteiger partial charge in [-0.3, -0.25) is 10.3 Å². The van der Waals surface area contributed by atoms with E-state index in [0.29, 0.717) is 18.9 Å². The molecule has 2 N–H and O–H groups in total. The normalized spacial score (nSPS) is 21.2. The average molecular weight is 265 g/mol. The van der Waals surface area contributed by atoms with Crippen LogP contribution in [0.2, 0.25) is 0 Å². The zero-order valence-corrected chi connectivity index (χ0v) is 11.0. The van der Waals surface area contributed by atoms with E-state index < -0.39 is 0 Å². The van der Waals surface area contributed by atoms with Crippen LogP contribution in [0.4, 0.5) is 4.79 Å². The number of aliphatic hydroxyl groups is 1. The highest BCUT2D eigenvalue weighted by Gasteiger charge is 2.35. The number of nitrogens with zero attached hydrogens (tertiary/aromatic N) is 4. The summed E-state index contributed by atoms with van der Waals surface area (Å²) in [6.07, 6.45) is 6.17. The van der Waals surface area contributed by atoms with E-state index in [-0.39, 0.29) is 18.7 Å². The van der Waals surface area contributed by atoms with Gasteiger partial charge in [0.15, 0.2) is 0 Å². The lowest BCUT2D eigenvalue weighted by molar-refractivity contribution is 0.174. The van der Waals surface area contributed by atoms with Crippen molar-refractivity contribution in [3.05, 3.63) is 18.7 Å². The molecule has 7 heteroatoms. The fourth-order valence-corrected chi connectivity index (χ4v) is 2.15. The standard InChI is InChI=1S/C12H19N5O2/c1-2-14-11-10(8-18)17(12(19)15-11)6-3-5-16-7-4-13-9-16/h4,7,9-10,18H,2-3,5-6,8H2,1H3,(H,14,15,19). The molecule has 0 aliphatic carbocycles. The van der Waals surface area contributed by atoms with Gasteiger partial charge in [0, 0.05) is 32.0 Å².